The second kappa shape index (κ2) is 9.54. The van der Waals surface area contributed by atoms with Crippen molar-refractivity contribution < 1.29 is 23.9 Å². The molecule has 4 fully saturated rings. The third kappa shape index (κ3) is 4.83. The van der Waals surface area contributed by atoms with Crippen LogP contribution in [0.2, 0.25) is 0 Å². The Hall–Kier alpha value is -2.45. The lowest BCUT2D eigenvalue weighted by Crippen LogP contribution is -2.52. The van der Waals surface area contributed by atoms with E-state index in [4.69, 9.17) is 9.47 Å². The first kappa shape index (κ1) is 23.0. The number of nitrogens with zero attached hydrogens (tertiary/aromatic N) is 2. The standard InChI is InChI=1S/C27H35N3O5/c31-25-9-8-23(26(32)28-25)30-15-18-14-20(6-7-21(18)27(30)33)35-24-3-1-2-22(24)29-12-10-19(11-13-29)34-16-17-4-5-17/h6-7,14,17,19,22-24H,1-5,8-13,15-16H2,(H,28,31,32)/t22-,23?,24-/m1/s1. The molecular weight excluding hydrogens is 446 g/mol. The van der Waals surface area contributed by atoms with Crippen LogP contribution in [0.15, 0.2) is 18.2 Å². The first-order valence-corrected chi connectivity index (χ1v) is 13.3. The highest BCUT2D eigenvalue weighted by atomic mass is 16.5. The average Bonchev–Trinajstić information content (AvgIpc) is 3.49. The van der Waals surface area contributed by atoms with Crippen LogP contribution in [0.4, 0.5) is 0 Å². The molecule has 2 aliphatic carbocycles. The predicted octanol–water partition coefficient (Wildman–Crippen LogP) is 2.64. The van der Waals surface area contributed by atoms with Crippen LogP contribution >= 0.6 is 0 Å². The van der Waals surface area contributed by atoms with Crippen LogP contribution in [0, 0.1) is 5.92 Å². The van der Waals surface area contributed by atoms with Crippen molar-refractivity contribution in [2.24, 2.45) is 5.92 Å². The highest BCUT2D eigenvalue weighted by molar-refractivity contribution is 6.05. The van der Waals surface area contributed by atoms with Gasteiger partial charge < -0.3 is 14.4 Å². The summed E-state index contributed by atoms with van der Waals surface area (Å²) in [5, 5.41) is 2.36. The summed E-state index contributed by atoms with van der Waals surface area (Å²) in [6.07, 6.45) is 9.45. The number of carbonyl (C=O) groups excluding carboxylic acids is 3. The molecule has 0 bridgehead atoms. The second-order valence-electron chi connectivity index (χ2n) is 10.9. The fraction of sp³-hybridized carbons (Fsp3) is 0.667. The van der Waals surface area contributed by atoms with Crippen molar-refractivity contribution in [2.75, 3.05) is 19.7 Å². The number of imide groups is 1. The van der Waals surface area contributed by atoms with E-state index in [2.05, 4.69) is 10.2 Å². The average molecular weight is 482 g/mol. The van der Waals surface area contributed by atoms with Crippen molar-refractivity contribution in [1.29, 1.82) is 0 Å². The van der Waals surface area contributed by atoms with Gasteiger partial charge in [-0.05, 0) is 81.0 Å². The number of carbonyl (C=O) groups is 3. The first-order valence-electron chi connectivity index (χ1n) is 13.3. The Labute approximate surface area is 206 Å². The van der Waals surface area contributed by atoms with Crippen LogP contribution in [0.25, 0.3) is 0 Å². The van der Waals surface area contributed by atoms with E-state index >= 15 is 0 Å². The molecule has 2 saturated carbocycles. The highest BCUT2D eigenvalue weighted by Crippen LogP contribution is 2.35. The molecule has 1 N–H and O–H groups in total. The maximum absolute atomic E-state index is 13.0. The molecule has 0 spiro atoms. The van der Waals surface area contributed by atoms with Gasteiger partial charge in [0.15, 0.2) is 0 Å². The number of amides is 3. The molecule has 35 heavy (non-hydrogen) atoms. The van der Waals surface area contributed by atoms with Gasteiger partial charge in [0.25, 0.3) is 5.91 Å². The zero-order valence-corrected chi connectivity index (χ0v) is 20.2. The lowest BCUT2D eigenvalue weighted by molar-refractivity contribution is -0.136. The van der Waals surface area contributed by atoms with E-state index in [0.717, 1.165) is 62.6 Å². The van der Waals surface area contributed by atoms with Crippen molar-refractivity contribution in [3.8, 4) is 5.75 Å². The Morgan fingerprint density at radius 2 is 1.80 bits per heavy atom. The van der Waals surface area contributed by atoms with Crippen molar-refractivity contribution in [3.05, 3.63) is 29.3 Å². The Kier molecular flexibility index (Phi) is 6.26. The molecule has 6 rings (SSSR count). The Bertz CT molecular complexity index is 1000. The minimum atomic E-state index is -0.590. The number of ether oxygens (including phenoxy) is 2. The van der Waals surface area contributed by atoms with Gasteiger partial charge in [-0.15, -0.1) is 0 Å². The Balaban J connectivity index is 1.06. The number of likely N-dealkylation sites (tertiary alicyclic amines) is 1. The SMILES string of the molecule is O=C1CCC(N2Cc3cc(O[C@@H]4CCC[C@H]4N4CCC(OCC5CC5)CC4)ccc3C2=O)C(=O)N1. The molecule has 3 aliphatic heterocycles. The van der Waals surface area contributed by atoms with Crippen LogP contribution in [0.5, 0.6) is 5.75 Å². The van der Waals surface area contributed by atoms with Gasteiger partial charge in [-0.2, -0.15) is 0 Å². The van der Waals surface area contributed by atoms with Gasteiger partial charge in [0.2, 0.25) is 11.8 Å². The van der Waals surface area contributed by atoms with Gasteiger partial charge in [0.1, 0.15) is 17.9 Å². The summed E-state index contributed by atoms with van der Waals surface area (Å²) < 4.78 is 12.6. The van der Waals surface area contributed by atoms with Crippen molar-refractivity contribution in [3.63, 3.8) is 0 Å². The van der Waals surface area contributed by atoms with Crippen molar-refractivity contribution >= 4 is 17.7 Å². The fourth-order valence-corrected chi connectivity index (χ4v) is 6.19. The summed E-state index contributed by atoms with van der Waals surface area (Å²) in [6, 6.07) is 5.51. The molecule has 188 valence electrons. The van der Waals surface area contributed by atoms with E-state index < -0.39 is 6.04 Å². The van der Waals surface area contributed by atoms with Gasteiger partial charge >= 0.3 is 0 Å². The Morgan fingerprint density at radius 1 is 0.971 bits per heavy atom. The van der Waals surface area contributed by atoms with Gasteiger partial charge in [-0.1, -0.05) is 0 Å². The monoisotopic (exact) mass is 481 g/mol. The van der Waals surface area contributed by atoms with Crippen LogP contribution in [-0.4, -0.2) is 71.5 Å². The summed E-state index contributed by atoms with van der Waals surface area (Å²) in [5.41, 5.74) is 1.51. The van der Waals surface area contributed by atoms with E-state index in [-0.39, 0.29) is 30.2 Å². The number of benzene rings is 1. The van der Waals surface area contributed by atoms with Crippen LogP contribution in [0.1, 0.15) is 73.7 Å². The van der Waals surface area contributed by atoms with E-state index in [9.17, 15) is 14.4 Å². The van der Waals surface area contributed by atoms with E-state index in [1.165, 1.54) is 19.3 Å². The van der Waals surface area contributed by atoms with E-state index in [1.807, 2.05) is 18.2 Å². The molecule has 1 unspecified atom stereocenters. The van der Waals surface area contributed by atoms with Gasteiger partial charge in [0.05, 0.1) is 6.10 Å². The number of hydrogen-bond acceptors (Lipinski definition) is 6. The van der Waals surface area contributed by atoms with Gasteiger partial charge in [-0.25, -0.2) is 0 Å². The smallest absolute Gasteiger partial charge is 0.255 e. The molecule has 1 aromatic carbocycles. The number of nitrogens with one attached hydrogen (secondary N) is 1. The molecule has 8 heteroatoms. The largest absolute Gasteiger partial charge is 0.489 e. The molecule has 5 aliphatic rings. The first-order chi connectivity index (χ1) is 17.0. The molecular formula is C27H35N3O5. The van der Waals surface area contributed by atoms with E-state index in [0.29, 0.717) is 30.7 Å². The zero-order chi connectivity index (χ0) is 23.9. The Morgan fingerprint density at radius 3 is 2.57 bits per heavy atom. The molecule has 2 saturated heterocycles. The number of fused-ring (bicyclic) bond motifs is 1. The van der Waals surface area contributed by atoms with Gasteiger partial charge in [0, 0.05) is 44.3 Å². The second-order valence-corrected chi connectivity index (χ2v) is 10.9. The molecule has 3 amide bonds. The lowest BCUT2D eigenvalue weighted by Gasteiger charge is -2.38. The quantitative estimate of drug-likeness (QED) is 0.603. The van der Waals surface area contributed by atoms with Crippen LogP contribution in [0.3, 0.4) is 0 Å². The van der Waals surface area contributed by atoms with Gasteiger partial charge in [-0.3, -0.25) is 24.6 Å². The highest BCUT2D eigenvalue weighted by Gasteiger charge is 2.40. The molecule has 3 heterocycles. The van der Waals surface area contributed by atoms with E-state index in [1.54, 1.807) is 4.90 Å². The molecule has 8 nitrogen and oxygen atoms in total. The maximum Gasteiger partial charge on any atom is 0.255 e. The summed E-state index contributed by atoms with van der Waals surface area (Å²) in [6.45, 7) is 3.46. The number of rotatable bonds is 7. The summed E-state index contributed by atoms with van der Waals surface area (Å²) in [7, 11) is 0. The molecule has 1 aromatic rings. The number of piperidine rings is 2. The normalized spacial score (nSPS) is 30.0. The van der Waals surface area contributed by atoms with Crippen LogP contribution in [-0.2, 0) is 20.9 Å². The van der Waals surface area contributed by atoms with Crippen LogP contribution < -0.4 is 10.1 Å². The minimum absolute atomic E-state index is 0.147. The predicted molar refractivity (Wildman–Crippen MR) is 128 cm³/mol. The zero-order valence-electron chi connectivity index (χ0n) is 20.2. The van der Waals surface area contributed by atoms with Crippen molar-refractivity contribution in [1.82, 2.24) is 15.1 Å². The van der Waals surface area contributed by atoms with Crippen molar-refractivity contribution in [2.45, 2.75) is 88.6 Å². The fourth-order valence-electron chi connectivity index (χ4n) is 6.19. The maximum atomic E-state index is 13.0. The number of hydrogen-bond donors (Lipinski definition) is 1. The molecule has 3 atom stereocenters. The summed E-state index contributed by atoms with van der Waals surface area (Å²) >= 11 is 0. The topological polar surface area (TPSA) is 88.2 Å². The molecule has 0 aromatic heterocycles. The minimum Gasteiger partial charge on any atom is -0.489 e. The third-order valence-corrected chi connectivity index (χ3v) is 8.41. The lowest BCUT2D eigenvalue weighted by atomic mass is 10.0. The molecule has 0 radical (unpaired) electrons. The summed E-state index contributed by atoms with van der Waals surface area (Å²) in [5.74, 6) is 0.814. The third-order valence-electron chi connectivity index (χ3n) is 8.41. The summed E-state index contributed by atoms with van der Waals surface area (Å²) in [4.78, 5) is 40.9.